The van der Waals surface area contributed by atoms with Crippen molar-refractivity contribution < 1.29 is 28.7 Å². The molecular weight excluding hydrogens is 460 g/mol. The van der Waals surface area contributed by atoms with Gasteiger partial charge in [-0.3, -0.25) is 14.4 Å². The number of rotatable bonds is 9. The minimum absolute atomic E-state index is 0.0192. The monoisotopic (exact) mass is 486 g/mol. The number of benzene rings is 2. The van der Waals surface area contributed by atoms with E-state index in [1.165, 1.54) is 4.90 Å². The largest absolute Gasteiger partial charge is 0.462 e. The maximum Gasteiger partial charge on any atom is 0.338 e. The molecule has 2 amide bonds. The van der Waals surface area contributed by atoms with Crippen molar-refractivity contribution >= 4 is 46.7 Å². The number of hydrogen-bond acceptors (Lipinski definition) is 6. The van der Waals surface area contributed by atoms with Crippen molar-refractivity contribution in [3.05, 3.63) is 58.6 Å². The first-order valence-electron chi connectivity index (χ1n) is 11.1. The third-order valence-corrected chi connectivity index (χ3v) is 5.66. The Balaban J connectivity index is 1.51. The van der Waals surface area contributed by atoms with Gasteiger partial charge in [-0.2, -0.15) is 0 Å². The summed E-state index contributed by atoms with van der Waals surface area (Å²) in [5, 5.41) is 3.13. The molecule has 34 heavy (non-hydrogen) atoms. The summed E-state index contributed by atoms with van der Waals surface area (Å²) in [4.78, 5) is 50.6. The molecule has 0 unspecified atom stereocenters. The summed E-state index contributed by atoms with van der Waals surface area (Å²) in [6.07, 6.45) is 1.71. The lowest BCUT2D eigenvalue weighted by atomic mass is 10.1. The Morgan fingerprint density at radius 3 is 2.56 bits per heavy atom. The molecule has 3 rings (SSSR count). The Morgan fingerprint density at radius 1 is 1.12 bits per heavy atom. The second kappa shape index (κ2) is 11.7. The zero-order valence-corrected chi connectivity index (χ0v) is 19.9. The summed E-state index contributed by atoms with van der Waals surface area (Å²) in [6, 6.07) is 11.5. The lowest BCUT2D eigenvalue weighted by molar-refractivity contribution is -0.151. The summed E-state index contributed by atoms with van der Waals surface area (Å²) < 4.78 is 10.3. The number of nitrogens with one attached hydrogen (secondary N) is 1. The van der Waals surface area contributed by atoms with Crippen molar-refractivity contribution in [2.24, 2.45) is 5.92 Å². The summed E-state index contributed by atoms with van der Waals surface area (Å²) in [7, 11) is 0. The van der Waals surface area contributed by atoms with Crippen molar-refractivity contribution in [3.63, 3.8) is 0 Å². The van der Waals surface area contributed by atoms with Gasteiger partial charge < -0.3 is 19.7 Å². The number of aryl methyl sites for hydroxylation is 1. The van der Waals surface area contributed by atoms with Crippen molar-refractivity contribution in [1.82, 2.24) is 0 Å². The van der Waals surface area contributed by atoms with E-state index in [2.05, 4.69) is 5.32 Å². The van der Waals surface area contributed by atoms with Crippen LogP contribution in [-0.4, -0.2) is 43.5 Å². The molecule has 0 spiro atoms. The van der Waals surface area contributed by atoms with Gasteiger partial charge in [0.25, 0.3) is 5.91 Å². The summed E-state index contributed by atoms with van der Waals surface area (Å²) in [5.41, 5.74) is 2.32. The fourth-order valence-electron chi connectivity index (χ4n) is 3.45. The predicted octanol–water partition coefficient (Wildman–Crippen LogP) is 4.14. The highest BCUT2D eigenvalue weighted by molar-refractivity contribution is 6.31. The standard InChI is InChI=1S/C25H27ClN2O6/c1-3-4-11-33-24(31)17-6-9-20(10-7-17)28-14-18(12-23(28)30)25(32)34-15-22(29)27-21-13-19(26)8-5-16(21)2/h5-10,13,18H,3-4,11-12,14-15H2,1-2H3,(H,27,29)/t18-/m0/s1. The average Bonchev–Trinajstić information content (AvgIpc) is 3.21. The van der Waals surface area contributed by atoms with Gasteiger partial charge in [0, 0.05) is 29.4 Å². The van der Waals surface area contributed by atoms with Crippen LogP contribution in [0.3, 0.4) is 0 Å². The van der Waals surface area contributed by atoms with E-state index in [9.17, 15) is 19.2 Å². The molecule has 9 heteroatoms. The normalized spacial score (nSPS) is 15.2. The molecule has 2 aromatic carbocycles. The van der Waals surface area contributed by atoms with E-state index in [1.807, 2.05) is 13.8 Å². The van der Waals surface area contributed by atoms with Gasteiger partial charge in [0.1, 0.15) is 0 Å². The maximum absolute atomic E-state index is 12.5. The van der Waals surface area contributed by atoms with Gasteiger partial charge in [-0.25, -0.2) is 4.79 Å². The molecule has 0 saturated carbocycles. The summed E-state index contributed by atoms with van der Waals surface area (Å²) >= 11 is 5.95. The van der Waals surface area contributed by atoms with Crippen LogP contribution in [0.5, 0.6) is 0 Å². The average molecular weight is 487 g/mol. The van der Waals surface area contributed by atoms with E-state index < -0.39 is 30.4 Å². The first-order chi connectivity index (χ1) is 16.3. The highest BCUT2D eigenvalue weighted by Crippen LogP contribution is 2.26. The van der Waals surface area contributed by atoms with E-state index in [0.29, 0.717) is 28.6 Å². The zero-order valence-electron chi connectivity index (χ0n) is 19.1. The van der Waals surface area contributed by atoms with Crippen LogP contribution < -0.4 is 10.2 Å². The maximum atomic E-state index is 12.5. The Hall–Kier alpha value is -3.39. The third-order valence-electron chi connectivity index (χ3n) is 5.42. The Labute approximate surface area is 203 Å². The van der Waals surface area contributed by atoms with Crippen LogP contribution in [0.4, 0.5) is 11.4 Å². The molecule has 0 aromatic heterocycles. The van der Waals surface area contributed by atoms with Gasteiger partial charge in [-0.05, 0) is 55.3 Å². The van der Waals surface area contributed by atoms with Gasteiger partial charge in [-0.1, -0.05) is 31.0 Å². The molecule has 1 aliphatic heterocycles. The van der Waals surface area contributed by atoms with Crippen LogP contribution in [0.1, 0.15) is 42.1 Å². The SMILES string of the molecule is CCCCOC(=O)c1ccc(N2C[C@@H](C(=O)OCC(=O)Nc3cc(Cl)ccc3C)CC2=O)cc1. The molecule has 1 atom stereocenters. The highest BCUT2D eigenvalue weighted by atomic mass is 35.5. The molecule has 0 bridgehead atoms. The van der Waals surface area contributed by atoms with Gasteiger partial charge in [0.2, 0.25) is 5.91 Å². The second-order valence-corrected chi connectivity index (χ2v) is 8.49. The van der Waals surface area contributed by atoms with Crippen LogP contribution in [-0.2, 0) is 23.9 Å². The van der Waals surface area contributed by atoms with Gasteiger partial charge in [0.05, 0.1) is 18.1 Å². The summed E-state index contributed by atoms with van der Waals surface area (Å²) in [5.74, 6) is -2.46. The Bertz CT molecular complexity index is 1070. The van der Waals surface area contributed by atoms with Crippen molar-refractivity contribution in [3.8, 4) is 0 Å². The third kappa shape index (κ3) is 6.57. The highest BCUT2D eigenvalue weighted by Gasteiger charge is 2.36. The van der Waals surface area contributed by atoms with E-state index in [0.717, 1.165) is 18.4 Å². The van der Waals surface area contributed by atoms with Crippen molar-refractivity contribution in [1.29, 1.82) is 0 Å². The number of anilines is 2. The molecule has 180 valence electrons. The van der Waals surface area contributed by atoms with Gasteiger partial charge in [-0.15, -0.1) is 0 Å². The number of carbonyl (C=O) groups is 4. The molecule has 0 aliphatic carbocycles. The first kappa shape index (κ1) is 25.2. The Kier molecular flexibility index (Phi) is 8.65. The van der Waals surface area contributed by atoms with E-state index in [4.69, 9.17) is 21.1 Å². The van der Waals surface area contributed by atoms with Crippen molar-refractivity contribution in [2.75, 3.05) is 30.0 Å². The number of carbonyl (C=O) groups excluding carboxylic acids is 4. The lowest BCUT2D eigenvalue weighted by Gasteiger charge is -2.17. The number of halogens is 1. The molecule has 1 N–H and O–H groups in total. The molecule has 2 aromatic rings. The number of esters is 2. The smallest absolute Gasteiger partial charge is 0.338 e. The minimum atomic E-state index is -0.688. The number of amides is 2. The minimum Gasteiger partial charge on any atom is -0.462 e. The fourth-order valence-corrected chi connectivity index (χ4v) is 3.63. The van der Waals surface area contributed by atoms with E-state index >= 15 is 0 Å². The molecule has 1 saturated heterocycles. The van der Waals surface area contributed by atoms with E-state index in [1.54, 1.807) is 42.5 Å². The molecule has 1 heterocycles. The van der Waals surface area contributed by atoms with Crippen LogP contribution in [0, 0.1) is 12.8 Å². The van der Waals surface area contributed by atoms with Crippen LogP contribution >= 0.6 is 11.6 Å². The molecular formula is C25H27ClN2O6. The van der Waals surface area contributed by atoms with Crippen LogP contribution in [0.15, 0.2) is 42.5 Å². The number of nitrogens with zero attached hydrogens (tertiary/aromatic N) is 1. The Morgan fingerprint density at radius 2 is 1.85 bits per heavy atom. The number of ether oxygens (including phenoxy) is 2. The molecule has 0 radical (unpaired) electrons. The van der Waals surface area contributed by atoms with Crippen LogP contribution in [0.2, 0.25) is 5.02 Å². The lowest BCUT2D eigenvalue weighted by Crippen LogP contribution is -2.28. The van der Waals surface area contributed by atoms with E-state index in [-0.39, 0.29) is 18.9 Å². The molecule has 1 fully saturated rings. The van der Waals surface area contributed by atoms with Crippen molar-refractivity contribution in [2.45, 2.75) is 33.1 Å². The quantitative estimate of drug-likeness (QED) is 0.422. The topological polar surface area (TPSA) is 102 Å². The molecule has 8 nitrogen and oxygen atoms in total. The zero-order chi connectivity index (χ0) is 24.7. The fraction of sp³-hybridized carbons (Fsp3) is 0.360. The number of unbranched alkanes of at least 4 members (excludes halogenated alkanes) is 1. The first-order valence-corrected chi connectivity index (χ1v) is 11.5. The second-order valence-electron chi connectivity index (χ2n) is 8.06. The van der Waals surface area contributed by atoms with Gasteiger partial charge >= 0.3 is 11.9 Å². The summed E-state index contributed by atoms with van der Waals surface area (Å²) in [6.45, 7) is 3.85. The van der Waals surface area contributed by atoms with Crippen LogP contribution in [0.25, 0.3) is 0 Å². The predicted molar refractivity (Wildman–Crippen MR) is 128 cm³/mol. The van der Waals surface area contributed by atoms with Gasteiger partial charge in [0.15, 0.2) is 6.61 Å². The number of hydrogen-bond donors (Lipinski definition) is 1. The molecule has 1 aliphatic rings.